The number of aliphatic hydroxyl groups excluding tert-OH is 2. The number of carboxylic acid groups (broad SMARTS) is 1. The molecule has 1 aromatic rings. The molecule has 5 heteroatoms. The van der Waals surface area contributed by atoms with Crippen molar-refractivity contribution in [3.63, 3.8) is 0 Å². The maximum Gasteiger partial charge on any atom is 0.336 e. The predicted molar refractivity (Wildman–Crippen MR) is 50.8 cm³/mol. The van der Waals surface area contributed by atoms with Gasteiger partial charge in [0.05, 0.1) is 12.2 Å². The minimum Gasteiger partial charge on any atom is -0.478 e. The smallest absolute Gasteiger partial charge is 0.336 e. The van der Waals surface area contributed by atoms with Crippen LogP contribution in [0.1, 0.15) is 20.7 Å². The minimum atomic E-state index is -1.58. The van der Waals surface area contributed by atoms with Gasteiger partial charge in [-0.1, -0.05) is 18.2 Å². The molecular formula is C10H10O5. The lowest BCUT2D eigenvalue weighted by molar-refractivity contribution is 0.0576. The number of rotatable bonds is 4. The Morgan fingerprint density at radius 3 is 2.20 bits per heavy atom. The van der Waals surface area contributed by atoms with Crippen LogP contribution in [0, 0.1) is 0 Å². The Labute approximate surface area is 85.6 Å². The van der Waals surface area contributed by atoms with Crippen LogP contribution < -0.4 is 0 Å². The monoisotopic (exact) mass is 210 g/mol. The van der Waals surface area contributed by atoms with E-state index in [1.807, 2.05) is 0 Å². The molecule has 3 N–H and O–H groups in total. The number of Topliss-reactive ketones (excluding diaryl/α,β-unsaturated/α-hetero) is 1. The van der Waals surface area contributed by atoms with Crippen LogP contribution in [0.3, 0.4) is 0 Å². The molecule has 0 fully saturated rings. The fourth-order valence-corrected chi connectivity index (χ4v) is 1.15. The number of carboxylic acids is 1. The van der Waals surface area contributed by atoms with Crippen molar-refractivity contribution >= 4 is 11.8 Å². The number of carbonyl (C=O) groups is 2. The number of ketones is 1. The number of carbonyl (C=O) groups excluding carboxylic acids is 1. The zero-order chi connectivity index (χ0) is 11.4. The lowest BCUT2D eigenvalue weighted by atomic mass is 10.0. The third-order valence-electron chi connectivity index (χ3n) is 1.90. The first-order valence-corrected chi connectivity index (χ1v) is 4.23. The summed E-state index contributed by atoms with van der Waals surface area (Å²) < 4.78 is 0. The Hall–Kier alpha value is -1.72. The Morgan fingerprint density at radius 2 is 1.73 bits per heavy atom. The molecule has 0 aliphatic heterocycles. The molecule has 1 atom stereocenters. The molecule has 80 valence electrons. The van der Waals surface area contributed by atoms with Crippen molar-refractivity contribution in [1.82, 2.24) is 0 Å². The van der Waals surface area contributed by atoms with Crippen LogP contribution in [-0.2, 0) is 0 Å². The van der Waals surface area contributed by atoms with Gasteiger partial charge in [0.1, 0.15) is 6.10 Å². The first kappa shape index (κ1) is 11.4. The minimum absolute atomic E-state index is 0.105. The molecule has 0 aliphatic rings. The summed E-state index contributed by atoms with van der Waals surface area (Å²) in [4.78, 5) is 22.2. The molecule has 0 amide bonds. The van der Waals surface area contributed by atoms with Crippen molar-refractivity contribution in [3.05, 3.63) is 35.4 Å². The van der Waals surface area contributed by atoms with Crippen LogP contribution >= 0.6 is 0 Å². The zero-order valence-corrected chi connectivity index (χ0v) is 7.75. The highest BCUT2D eigenvalue weighted by molar-refractivity contribution is 6.07. The SMILES string of the molecule is O=C(O)c1ccccc1C(=O)C(O)CO. The van der Waals surface area contributed by atoms with Crippen molar-refractivity contribution < 1.29 is 24.9 Å². The quantitative estimate of drug-likeness (QED) is 0.604. The summed E-state index contributed by atoms with van der Waals surface area (Å²) >= 11 is 0. The summed E-state index contributed by atoms with van der Waals surface area (Å²) in [5.41, 5.74) is -0.290. The van der Waals surface area contributed by atoms with E-state index in [9.17, 15) is 9.59 Å². The average Bonchev–Trinajstić information content (AvgIpc) is 2.27. The van der Waals surface area contributed by atoms with Gasteiger partial charge in [-0.05, 0) is 6.07 Å². The van der Waals surface area contributed by atoms with E-state index in [1.54, 1.807) is 0 Å². The van der Waals surface area contributed by atoms with Crippen molar-refractivity contribution in [3.8, 4) is 0 Å². The predicted octanol–water partition coefficient (Wildman–Crippen LogP) is -0.0793. The Bertz CT molecular complexity index is 385. The van der Waals surface area contributed by atoms with E-state index in [1.165, 1.54) is 24.3 Å². The van der Waals surface area contributed by atoms with Crippen LogP contribution in [0.2, 0.25) is 0 Å². The lowest BCUT2D eigenvalue weighted by Crippen LogP contribution is -2.26. The van der Waals surface area contributed by atoms with E-state index in [0.29, 0.717) is 0 Å². The summed E-state index contributed by atoms with van der Waals surface area (Å²) in [6, 6.07) is 5.53. The highest BCUT2D eigenvalue weighted by Crippen LogP contribution is 2.11. The summed E-state index contributed by atoms with van der Waals surface area (Å²) in [5.74, 6) is -2.04. The second kappa shape index (κ2) is 4.68. The van der Waals surface area contributed by atoms with E-state index in [4.69, 9.17) is 15.3 Å². The largest absolute Gasteiger partial charge is 0.478 e. The molecular weight excluding hydrogens is 200 g/mol. The fourth-order valence-electron chi connectivity index (χ4n) is 1.15. The standard InChI is InChI=1S/C10H10O5/c11-5-8(12)9(13)6-3-1-2-4-7(6)10(14)15/h1-4,8,11-12H,5H2,(H,14,15). The summed E-state index contributed by atoms with van der Waals surface area (Å²) in [5, 5.41) is 26.4. The van der Waals surface area contributed by atoms with Crippen molar-refractivity contribution in [2.75, 3.05) is 6.61 Å². The number of hydrogen-bond acceptors (Lipinski definition) is 4. The third kappa shape index (κ3) is 2.39. The normalized spacial score (nSPS) is 12.1. The molecule has 0 saturated carbocycles. The molecule has 0 radical (unpaired) electrons. The maximum absolute atomic E-state index is 11.4. The first-order chi connectivity index (χ1) is 7.07. The third-order valence-corrected chi connectivity index (χ3v) is 1.90. The summed E-state index contributed by atoms with van der Waals surface area (Å²) in [6.07, 6.45) is -1.58. The van der Waals surface area contributed by atoms with Crippen molar-refractivity contribution in [2.24, 2.45) is 0 Å². The molecule has 15 heavy (non-hydrogen) atoms. The molecule has 0 spiro atoms. The maximum atomic E-state index is 11.4. The van der Waals surface area contributed by atoms with E-state index < -0.39 is 24.5 Å². The molecule has 1 unspecified atom stereocenters. The molecule has 0 saturated heterocycles. The van der Waals surface area contributed by atoms with Crippen LogP contribution in [0.5, 0.6) is 0 Å². The lowest BCUT2D eigenvalue weighted by Gasteiger charge is -2.08. The second-order valence-corrected chi connectivity index (χ2v) is 2.91. The highest BCUT2D eigenvalue weighted by Gasteiger charge is 2.21. The van der Waals surface area contributed by atoms with E-state index >= 15 is 0 Å². The topological polar surface area (TPSA) is 94.8 Å². The Kier molecular flexibility index (Phi) is 3.54. The van der Waals surface area contributed by atoms with Gasteiger partial charge in [0.15, 0.2) is 5.78 Å². The first-order valence-electron chi connectivity index (χ1n) is 4.23. The van der Waals surface area contributed by atoms with E-state index in [-0.39, 0.29) is 11.1 Å². The molecule has 0 aromatic heterocycles. The van der Waals surface area contributed by atoms with Crippen LogP contribution in [0.25, 0.3) is 0 Å². The molecule has 1 rings (SSSR count). The zero-order valence-electron chi connectivity index (χ0n) is 7.75. The van der Waals surface area contributed by atoms with E-state index in [0.717, 1.165) is 0 Å². The molecule has 0 bridgehead atoms. The van der Waals surface area contributed by atoms with Crippen LogP contribution in [-0.4, -0.2) is 39.8 Å². The van der Waals surface area contributed by atoms with Gasteiger partial charge in [0.2, 0.25) is 0 Å². The highest BCUT2D eigenvalue weighted by atomic mass is 16.4. The Morgan fingerprint density at radius 1 is 1.20 bits per heavy atom. The van der Waals surface area contributed by atoms with Gasteiger partial charge in [0, 0.05) is 5.56 Å². The van der Waals surface area contributed by atoms with Gasteiger partial charge < -0.3 is 15.3 Å². The van der Waals surface area contributed by atoms with Gasteiger partial charge in [0.25, 0.3) is 0 Å². The fraction of sp³-hybridized carbons (Fsp3) is 0.200. The number of hydrogen-bond donors (Lipinski definition) is 3. The van der Waals surface area contributed by atoms with E-state index in [2.05, 4.69) is 0 Å². The van der Waals surface area contributed by atoms with Crippen molar-refractivity contribution in [1.29, 1.82) is 0 Å². The van der Waals surface area contributed by atoms with Gasteiger partial charge in [-0.15, -0.1) is 0 Å². The molecule has 5 nitrogen and oxygen atoms in total. The average molecular weight is 210 g/mol. The van der Waals surface area contributed by atoms with Crippen LogP contribution in [0.15, 0.2) is 24.3 Å². The van der Waals surface area contributed by atoms with Gasteiger partial charge in [-0.25, -0.2) is 4.79 Å². The number of aromatic carboxylic acids is 1. The second-order valence-electron chi connectivity index (χ2n) is 2.91. The molecule has 0 aliphatic carbocycles. The summed E-state index contributed by atoms with van der Waals surface area (Å²) in [7, 11) is 0. The summed E-state index contributed by atoms with van der Waals surface area (Å²) in [6.45, 7) is -0.729. The number of benzene rings is 1. The van der Waals surface area contributed by atoms with Crippen LogP contribution in [0.4, 0.5) is 0 Å². The number of aliphatic hydroxyl groups is 2. The van der Waals surface area contributed by atoms with Gasteiger partial charge in [-0.3, -0.25) is 4.79 Å². The van der Waals surface area contributed by atoms with Gasteiger partial charge in [-0.2, -0.15) is 0 Å². The van der Waals surface area contributed by atoms with Gasteiger partial charge >= 0.3 is 5.97 Å². The van der Waals surface area contributed by atoms with Crippen molar-refractivity contribution in [2.45, 2.75) is 6.10 Å². The Balaban J connectivity index is 3.13. The molecule has 0 heterocycles. The molecule has 1 aromatic carbocycles.